The van der Waals surface area contributed by atoms with Gasteiger partial charge in [0.05, 0.1) is 18.8 Å². The molecular weight excluding hydrogens is 350 g/mol. The summed E-state index contributed by atoms with van der Waals surface area (Å²) in [7, 11) is 0. The average Bonchev–Trinajstić information content (AvgIpc) is 3.16. The topological polar surface area (TPSA) is 64.3 Å². The van der Waals surface area contributed by atoms with Gasteiger partial charge in [0.2, 0.25) is 5.91 Å². The Labute approximate surface area is 167 Å². The van der Waals surface area contributed by atoms with E-state index in [0.29, 0.717) is 18.6 Å². The number of carbonyl (C=O) groups excluding carboxylic acids is 1. The third kappa shape index (κ3) is 4.45. The lowest BCUT2D eigenvalue weighted by atomic mass is 10.1. The summed E-state index contributed by atoms with van der Waals surface area (Å²) in [6.45, 7) is 9.45. The van der Waals surface area contributed by atoms with Crippen LogP contribution >= 0.6 is 0 Å². The van der Waals surface area contributed by atoms with Crippen molar-refractivity contribution in [1.29, 1.82) is 0 Å². The largest absolute Gasteiger partial charge is 0.350 e. The molecule has 4 rings (SSSR count). The molecule has 3 heterocycles. The van der Waals surface area contributed by atoms with Gasteiger partial charge in [0.25, 0.3) is 0 Å². The molecule has 1 aromatic carbocycles. The predicted molar refractivity (Wildman–Crippen MR) is 111 cm³/mol. The molecule has 6 heteroatoms. The van der Waals surface area contributed by atoms with Crippen LogP contribution in [0.15, 0.2) is 36.5 Å². The number of hydrogen-bond acceptors (Lipinski definition) is 4. The second kappa shape index (κ2) is 7.68. The molecule has 2 atom stereocenters. The fourth-order valence-corrected chi connectivity index (χ4v) is 4.50. The van der Waals surface area contributed by atoms with Crippen molar-refractivity contribution in [3.8, 4) is 11.3 Å². The molecule has 0 aliphatic carbocycles. The van der Waals surface area contributed by atoms with Gasteiger partial charge in [-0.15, -0.1) is 0 Å². The first-order valence-electron chi connectivity index (χ1n) is 10.3. The van der Waals surface area contributed by atoms with Gasteiger partial charge in [0.1, 0.15) is 5.82 Å². The molecule has 2 unspecified atom stereocenters. The smallest absolute Gasteiger partial charge is 0.234 e. The number of hydrogen-bond donors (Lipinski definition) is 2. The maximum Gasteiger partial charge on any atom is 0.234 e. The Bertz CT molecular complexity index is 796. The molecule has 2 aromatic rings. The van der Waals surface area contributed by atoms with E-state index in [9.17, 15) is 4.79 Å². The minimum atomic E-state index is -0.173. The average molecular weight is 382 g/mol. The lowest BCUT2D eigenvalue weighted by Gasteiger charge is -2.40. The Kier molecular flexibility index (Phi) is 5.25. The summed E-state index contributed by atoms with van der Waals surface area (Å²) in [5.74, 6) is 1.15. The van der Waals surface area contributed by atoms with Gasteiger partial charge in [-0.3, -0.25) is 14.6 Å². The third-order valence-electron chi connectivity index (χ3n) is 5.62. The highest BCUT2D eigenvalue weighted by Crippen LogP contribution is 2.30. The van der Waals surface area contributed by atoms with Crippen LogP contribution in [0.5, 0.6) is 0 Å². The third-order valence-corrected chi connectivity index (χ3v) is 5.62. The molecule has 0 spiro atoms. The van der Waals surface area contributed by atoms with Crippen molar-refractivity contribution in [2.45, 2.75) is 57.8 Å². The molecule has 6 nitrogen and oxygen atoms in total. The molecule has 1 amide bonds. The van der Waals surface area contributed by atoms with Gasteiger partial charge >= 0.3 is 0 Å². The van der Waals surface area contributed by atoms with Gasteiger partial charge < -0.3 is 10.3 Å². The first kappa shape index (κ1) is 19.2. The van der Waals surface area contributed by atoms with Crippen molar-refractivity contribution in [3.63, 3.8) is 0 Å². The molecule has 2 saturated heterocycles. The van der Waals surface area contributed by atoms with E-state index in [4.69, 9.17) is 4.98 Å². The van der Waals surface area contributed by atoms with Gasteiger partial charge in [0.15, 0.2) is 0 Å². The Morgan fingerprint density at radius 3 is 2.50 bits per heavy atom. The predicted octanol–water partition coefficient (Wildman–Crippen LogP) is 2.64. The van der Waals surface area contributed by atoms with Crippen molar-refractivity contribution >= 4 is 5.91 Å². The van der Waals surface area contributed by atoms with Gasteiger partial charge in [-0.25, -0.2) is 4.98 Å². The molecule has 2 fully saturated rings. The van der Waals surface area contributed by atoms with Crippen LogP contribution < -0.4 is 5.32 Å². The van der Waals surface area contributed by atoms with E-state index < -0.39 is 0 Å². The standard InChI is InChI=1S/C22H31N5O/c1-22(2,3)25-21(28)15-27-17-9-10-18(27)13-26(12-17)14-20-23-11-19(24-20)16-7-5-4-6-8-16/h4-8,11,17-18H,9-10,12-15H2,1-3H3,(H,23,24)(H,25,28). The van der Waals surface area contributed by atoms with Crippen molar-refractivity contribution in [1.82, 2.24) is 25.1 Å². The van der Waals surface area contributed by atoms with Crippen LogP contribution in [0.1, 0.15) is 39.4 Å². The van der Waals surface area contributed by atoms with Gasteiger partial charge in [-0.1, -0.05) is 30.3 Å². The van der Waals surface area contributed by atoms with E-state index in [1.165, 1.54) is 12.8 Å². The number of H-pyrrole nitrogens is 1. The number of nitrogens with zero attached hydrogens (tertiary/aromatic N) is 3. The summed E-state index contributed by atoms with van der Waals surface area (Å²) < 4.78 is 0. The van der Waals surface area contributed by atoms with Crippen molar-refractivity contribution in [2.24, 2.45) is 0 Å². The number of amides is 1. The Hall–Kier alpha value is -2.18. The molecule has 28 heavy (non-hydrogen) atoms. The van der Waals surface area contributed by atoms with Crippen LogP contribution in [0.2, 0.25) is 0 Å². The zero-order valence-electron chi connectivity index (χ0n) is 17.1. The molecular formula is C22H31N5O. The molecule has 0 radical (unpaired) electrons. The second-order valence-corrected chi connectivity index (χ2v) is 9.15. The number of aromatic amines is 1. The van der Waals surface area contributed by atoms with Crippen LogP contribution in [0.25, 0.3) is 11.3 Å². The number of piperazine rings is 1. The van der Waals surface area contributed by atoms with Crippen molar-refractivity contribution in [2.75, 3.05) is 19.6 Å². The summed E-state index contributed by atoms with van der Waals surface area (Å²) in [5.41, 5.74) is 1.96. The summed E-state index contributed by atoms with van der Waals surface area (Å²) in [6.07, 6.45) is 4.35. The van der Waals surface area contributed by atoms with E-state index >= 15 is 0 Å². The highest BCUT2D eigenvalue weighted by molar-refractivity contribution is 5.78. The molecule has 2 aliphatic heterocycles. The fraction of sp³-hybridized carbons (Fsp3) is 0.545. The monoisotopic (exact) mass is 381 g/mol. The number of nitrogens with one attached hydrogen (secondary N) is 2. The molecule has 2 bridgehead atoms. The number of rotatable bonds is 5. The van der Waals surface area contributed by atoms with E-state index in [1.807, 2.05) is 45.2 Å². The molecule has 150 valence electrons. The van der Waals surface area contributed by atoms with E-state index in [0.717, 1.165) is 36.7 Å². The highest BCUT2D eigenvalue weighted by Gasteiger charge is 2.40. The maximum atomic E-state index is 12.4. The normalized spacial score (nSPS) is 23.1. The fourth-order valence-electron chi connectivity index (χ4n) is 4.50. The number of imidazole rings is 1. The molecule has 2 aliphatic rings. The lowest BCUT2D eigenvalue weighted by molar-refractivity contribution is -0.125. The van der Waals surface area contributed by atoms with Crippen LogP contribution in [0, 0.1) is 0 Å². The highest BCUT2D eigenvalue weighted by atomic mass is 16.2. The lowest BCUT2D eigenvalue weighted by Crippen LogP contribution is -2.56. The van der Waals surface area contributed by atoms with Crippen LogP contribution in [-0.2, 0) is 11.3 Å². The number of fused-ring (bicyclic) bond motifs is 2. The quantitative estimate of drug-likeness (QED) is 0.836. The summed E-state index contributed by atoms with van der Waals surface area (Å²) in [4.78, 5) is 25.4. The van der Waals surface area contributed by atoms with Crippen LogP contribution in [0.4, 0.5) is 0 Å². The minimum Gasteiger partial charge on any atom is -0.350 e. The summed E-state index contributed by atoms with van der Waals surface area (Å²) >= 11 is 0. The first-order valence-corrected chi connectivity index (χ1v) is 10.3. The Balaban J connectivity index is 1.35. The van der Waals surface area contributed by atoms with E-state index in [2.05, 4.69) is 32.2 Å². The molecule has 1 aromatic heterocycles. The Morgan fingerprint density at radius 2 is 1.86 bits per heavy atom. The van der Waals surface area contributed by atoms with Gasteiger partial charge in [0, 0.05) is 42.5 Å². The SMILES string of the molecule is CC(C)(C)NC(=O)CN1C2CCC1CN(Cc1nc(-c3ccccc3)c[nH]1)C2. The Morgan fingerprint density at radius 1 is 1.18 bits per heavy atom. The molecule has 2 N–H and O–H groups in total. The first-order chi connectivity index (χ1) is 13.4. The number of carbonyl (C=O) groups is 1. The van der Waals surface area contributed by atoms with Crippen molar-refractivity contribution < 1.29 is 4.79 Å². The number of aromatic nitrogens is 2. The zero-order valence-corrected chi connectivity index (χ0v) is 17.1. The minimum absolute atomic E-state index is 0.136. The van der Waals surface area contributed by atoms with Gasteiger partial charge in [-0.2, -0.15) is 0 Å². The van der Waals surface area contributed by atoms with Gasteiger partial charge in [-0.05, 0) is 33.6 Å². The van der Waals surface area contributed by atoms with Crippen LogP contribution in [-0.4, -0.2) is 62.9 Å². The van der Waals surface area contributed by atoms with Crippen molar-refractivity contribution in [3.05, 3.63) is 42.4 Å². The van der Waals surface area contributed by atoms with Crippen LogP contribution in [0.3, 0.4) is 0 Å². The van der Waals surface area contributed by atoms with E-state index in [1.54, 1.807) is 0 Å². The summed E-state index contributed by atoms with van der Waals surface area (Å²) in [5, 5.41) is 3.10. The summed E-state index contributed by atoms with van der Waals surface area (Å²) in [6, 6.07) is 11.2. The second-order valence-electron chi connectivity index (χ2n) is 9.15. The zero-order chi connectivity index (χ0) is 19.7. The van der Waals surface area contributed by atoms with E-state index in [-0.39, 0.29) is 11.4 Å². The maximum absolute atomic E-state index is 12.4. The number of benzene rings is 1. The number of likely N-dealkylation sites (tertiary alicyclic amines) is 1. The molecule has 0 saturated carbocycles.